The third kappa shape index (κ3) is 4.45. The van der Waals surface area contributed by atoms with Gasteiger partial charge in [-0.15, -0.1) is 0 Å². The molecule has 37 heavy (non-hydrogen) atoms. The Morgan fingerprint density at radius 2 is 1.62 bits per heavy atom. The van der Waals surface area contributed by atoms with Crippen LogP contribution in [0.5, 0.6) is 0 Å². The SMILES string of the molecule is Cc1ccc(C2=NN(c3nc(-c4ccccc4)c4cc(Cl)ccc4n3)C(c3c(F)cccc3Cl)C2)cc1. The van der Waals surface area contributed by atoms with E-state index in [1.165, 1.54) is 6.07 Å². The van der Waals surface area contributed by atoms with Crippen LogP contribution in [0.1, 0.15) is 29.2 Å². The fraction of sp³-hybridized carbons (Fsp3) is 0.100. The highest BCUT2D eigenvalue weighted by molar-refractivity contribution is 6.31. The zero-order valence-electron chi connectivity index (χ0n) is 19.9. The number of rotatable bonds is 4. The highest BCUT2D eigenvalue weighted by atomic mass is 35.5. The average Bonchev–Trinajstić information content (AvgIpc) is 3.34. The van der Waals surface area contributed by atoms with Crippen LogP contribution < -0.4 is 5.01 Å². The molecule has 0 saturated carbocycles. The number of benzene rings is 4. The van der Waals surface area contributed by atoms with Crippen LogP contribution in [0.15, 0.2) is 96.1 Å². The Hall–Kier alpha value is -3.80. The number of hydrazone groups is 1. The third-order valence-electron chi connectivity index (χ3n) is 6.53. The Labute approximate surface area is 224 Å². The molecule has 0 radical (unpaired) electrons. The van der Waals surface area contributed by atoms with Gasteiger partial charge in [-0.2, -0.15) is 5.10 Å². The van der Waals surface area contributed by atoms with E-state index in [0.717, 1.165) is 33.5 Å². The minimum absolute atomic E-state index is 0.339. The lowest BCUT2D eigenvalue weighted by Crippen LogP contribution is -2.22. The van der Waals surface area contributed by atoms with Crippen LogP contribution in [0, 0.1) is 12.7 Å². The number of hydrogen-bond acceptors (Lipinski definition) is 4. The molecule has 0 N–H and O–H groups in total. The molecule has 4 aromatic carbocycles. The van der Waals surface area contributed by atoms with Gasteiger partial charge in [-0.05, 0) is 42.8 Å². The van der Waals surface area contributed by atoms with Gasteiger partial charge in [-0.1, -0.05) is 89.4 Å². The van der Waals surface area contributed by atoms with Gasteiger partial charge in [0, 0.05) is 33.0 Å². The van der Waals surface area contributed by atoms with Gasteiger partial charge in [-0.25, -0.2) is 19.4 Å². The van der Waals surface area contributed by atoms with E-state index in [1.54, 1.807) is 23.2 Å². The summed E-state index contributed by atoms with van der Waals surface area (Å²) in [5.74, 6) is -0.0289. The summed E-state index contributed by atoms with van der Waals surface area (Å²) in [6, 6.07) is 27.7. The van der Waals surface area contributed by atoms with E-state index in [2.05, 4.69) is 0 Å². The summed E-state index contributed by atoms with van der Waals surface area (Å²) >= 11 is 12.9. The van der Waals surface area contributed by atoms with Gasteiger partial charge in [0.2, 0.25) is 5.95 Å². The number of hydrogen-bond donors (Lipinski definition) is 0. The van der Waals surface area contributed by atoms with Gasteiger partial charge in [0.1, 0.15) is 5.82 Å². The van der Waals surface area contributed by atoms with Crippen molar-refractivity contribution in [1.82, 2.24) is 9.97 Å². The van der Waals surface area contributed by atoms with E-state index in [-0.39, 0.29) is 0 Å². The van der Waals surface area contributed by atoms with Gasteiger partial charge in [0.25, 0.3) is 0 Å². The Morgan fingerprint density at radius 3 is 2.38 bits per heavy atom. The second-order valence-electron chi connectivity index (χ2n) is 9.01. The van der Waals surface area contributed by atoms with Crippen molar-refractivity contribution >= 4 is 45.8 Å². The van der Waals surface area contributed by atoms with E-state index >= 15 is 4.39 Å². The lowest BCUT2D eigenvalue weighted by atomic mass is 9.97. The Kier molecular flexibility index (Phi) is 6.11. The molecule has 1 aliphatic heterocycles. The van der Waals surface area contributed by atoms with E-state index in [9.17, 15) is 0 Å². The summed E-state index contributed by atoms with van der Waals surface area (Å²) in [6.45, 7) is 2.04. The first kappa shape index (κ1) is 23.6. The van der Waals surface area contributed by atoms with E-state index in [4.69, 9.17) is 38.3 Å². The predicted molar refractivity (Wildman–Crippen MR) is 149 cm³/mol. The fourth-order valence-electron chi connectivity index (χ4n) is 4.68. The number of aromatic nitrogens is 2. The highest BCUT2D eigenvalue weighted by Crippen LogP contribution is 2.41. The van der Waals surface area contributed by atoms with Crippen LogP contribution in [0.3, 0.4) is 0 Å². The van der Waals surface area contributed by atoms with Crippen LogP contribution in [0.2, 0.25) is 10.0 Å². The number of nitrogens with zero attached hydrogens (tertiary/aromatic N) is 4. The molecule has 4 nitrogen and oxygen atoms in total. The number of anilines is 1. The van der Waals surface area contributed by atoms with E-state index < -0.39 is 11.9 Å². The van der Waals surface area contributed by atoms with Crippen molar-refractivity contribution in [2.45, 2.75) is 19.4 Å². The van der Waals surface area contributed by atoms with Crippen molar-refractivity contribution in [3.05, 3.63) is 124 Å². The molecule has 0 spiro atoms. The van der Waals surface area contributed by atoms with Gasteiger partial charge in [0.05, 0.1) is 23.0 Å². The lowest BCUT2D eigenvalue weighted by Gasteiger charge is -2.24. The normalized spacial score (nSPS) is 15.3. The van der Waals surface area contributed by atoms with Crippen molar-refractivity contribution in [2.75, 3.05) is 5.01 Å². The molecule has 0 aliphatic carbocycles. The van der Waals surface area contributed by atoms with Gasteiger partial charge < -0.3 is 0 Å². The Balaban J connectivity index is 1.57. The molecular formula is C30H21Cl2FN4. The minimum Gasteiger partial charge on any atom is -0.223 e. The largest absolute Gasteiger partial charge is 0.247 e. The Bertz CT molecular complexity index is 1630. The summed E-state index contributed by atoms with van der Waals surface area (Å²) in [5, 5.41) is 8.38. The second-order valence-corrected chi connectivity index (χ2v) is 9.86. The van der Waals surface area contributed by atoms with Crippen LogP contribution in [0.25, 0.3) is 22.2 Å². The first-order valence-corrected chi connectivity index (χ1v) is 12.6. The standard InChI is InChI=1S/C30H21Cl2FN4/c1-18-10-12-19(13-11-18)26-17-27(28-23(32)8-5-9-24(28)33)37(36-26)30-34-25-15-14-21(31)16-22(25)29(35-30)20-6-3-2-4-7-20/h2-16,27H,17H2,1H3. The highest BCUT2D eigenvalue weighted by Gasteiger charge is 2.35. The molecular weight excluding hydrogens is 506 g/mol. The average molecular weight is 527 g/mol. The zero-order chi connectivity index (χ0) is 25.5. The zero-order valence-corrected chi connectivity index (χ0v) is 21.4. The molecule has 7 heteroatoms. The molecule has 5 aromatic rings. The number of fused-ring (bicyclic) bond motifs is 1. The first-order chi connectivity index (χ1) is 18.0. The van der Waals surface area contributed by atoms with E-state index in [1.807, 2.05) is 73.7 Å². The first-order valence-electron chi connectivity index (χ1n) is 11.9. The summed E-state index contributed by atoms with van der Waals surface area (Å²) < 4.78 is 15.2. The van der Waals surface area contributed by atoms with Crippen LogP contribution in [-0.4, -0.2) is 15.7 Å². The van der Waals surface area contributed by atoms with Crippen molar-refractivity contribution in [3.8, 4) is 11.3 Å². The van der Waals surface area contributed by atoms with Crippen LogP contribution >= 0.6 is 23.2 Å². The molecule has 0 fully saturated rings. The van der Waals surface area contributed by atoms with Gasteiger partial charge >= 0.3 is 0 Å². The maximum absolute atomic E-state index is 15.2. The summed E-state index contributed by atoms with van der Waals surface area (Å²) in [5.41, 5.74) is 5.65. The maximum atomic E-state index is 15.2. The molecule has 0 saturated heterocycles. The molecule has 1 atom stereocenters. The molecule has 0 bridgehead atoms. The van der Waals surface area contributed by atoms with Crippen molar-refractivity contribution in [2.24, 2.45) is 5.10 Å². The van der Waals surface area contributed by atoms with Crippen molar-refractivity contribution in [3.63, 3.8) is 0 Å². The quantitative estimate of drug-likeness (QED) is 0.236. The Morgan fingerprint density at radius 1 is 0.838 bits per heavy atom. The molecule has 1 unspecified atom stereocenters. The summed E-state index contributed by atoms with van der Waals surface area (Å²) in [6.07, 6.45) is 0.451. The summed E-state index contributed by atoms with van der Waals surface area (Å²) in [7, 11) is 0. The molecule has 0 amide bonds. The maximum Gasteiger partial charge on any atom is 0.247 e. The minimum atomic E-state index is -0.515. The van der Waals surface area contributed by atoms with E-state index in [0.29, 0.717) is 33.5 Å². The smallest absolute Gasteiger partial charge is 0.223 e. The molecule has 1 aromatic heterocycles. The topological polar surface area (TPSA) is 41.4 Å². The van der Waals surface area contributed by atoms with Crippen LogP contribution in [-0.2, 0) is 0 Å². The lowest BCUT2D eigenvalue weighted by molar-refractivity contribution is 0.576. The number of halogens is 3. The van der Waals surface area contributed by atoms with Gasteiger partial charge in [0.15, 0.2) is 0 Å². The molecule has 2 heterocycles. The van der Waals surface area contributed by atoms with Crippen molar-refractivity contribution < 1.29 is 4.39 Å². The number of aryl methyl sites for hydroxylation is 1. The summed E-state index contributed by atoms with van der Waals surface area (Å²) in [4.78, 5) is 9.80. The second kappa shape index (κ2) is 9.58. The monoisotopic (exact) mass is 526 g/mol. The van der Waals surface area contributed by atoms with Crippen molar-refractivity contribution in [1.29, 1.82) is 0 Å². The van der Waals surface area contributed by atoms with Gasteiger partial charge in [-0.3, -0.25) is 0 Å². The molecule has 182 valence electrons. The molecule has 6 rings (SSSR count). The molecule has 1 aliphatic rings. The van der Waals surface area contributed by atoms with Crippen LogP contribution in [0.4, 0.5) is 10.3 Å². The fourth-order valence-corrected chi connectivity index (χ4v) is 5.14. The predicted octanol–water partition coefficient (Wildman–Crippen LogP) is 8.41. The third-order valence-corrected chi connectivity index (χ3v) is 7.09.